The second-order valence-corrected chi connectivity index (χ2v) is 16.3. The topological polar surface area (TPSA) is 16.3 Å². The van der Waals surface area contributed by atoms with Gasteiger partial charge in [-0.25, -0.2) is 0 Å². The molecule has 0 amide bonds. The lowest BCUT2D eigenvalue weighted by Gasteiger charge is -2.27. The van der Waals surface area contributed by atoms with E-state index in [2.05, 4.69) is 275 Å². The van der Waals surface area contributed by atoms with E-state index in [1.54, 1.807) is 0 Å². The summed E-state index contributed by atoms with van der Waals surface area (Å²) in [5.41, 5.74) is 17.2. The molecule has 0 atom stereocenters. The summed E-state index contributed by atoms with van der Waals surface area (Å²) >= 11 is 0. The smallest absolute Gasteiger partial charge is 0.0561 e. The van der Waals surface area contributed by atoms with E-state index in [0.717, 1.165) is 56.6 Å². The monoisotopic (exact) mass is 822 g/mol. The maximum Gasteiger partial charge on any atom is 0.0561 e. The first-order valence-electron chi connectivity index (χ1n) is 21.9. The van der Waals surface area contributed by atoms with E-state index in [-0.39, 0.29) is 0 Å². The maximum absolute atomic E-state index is 2.38. The van der Waals surface area contributed by atoms with Crippen molar-refractivity contribution in [1.29, 1.82) is 0 Å². The summed E-state index contributed by atoms with van der Waals surface area (Å²) in [6, 6.07) is 84.8. The zero-order valence-corrected chi connectivity index (χ0v) is 35.9. The number of aromatic nitrogens is 2. The van der Waals surface area contributed by atoms with Gasteiger partial charge >= 0.3 is 0 Å². The lowest BCUT2D eigenvalue weighted by Crippen LogP contribution is -2.14. The zero-order valence-electron chi connectivity index (χ0n) is 35.9. The van der Waals surface area contributed by atoms with Gasteiger partial charge in [0.1, 0.15) is 0 Å². The highest BCUT2D eigenvalue weighted by molar-refractivity contribution is 6.10. The van der Waals surface area contributed by atoms with E-state index in [9.17, 15) is 0 Å². The maximum atomic E-state index is 2.38. The molecule has 0 saturated heterocycles. The Hall–Kier alpha value is -8.34. The molecule has 2 heterocycles. The summed E-state index contributed by atoms with van der Waals surface area (Å²) in [7, 11) is 0. The average Bonchev–Trinajstić information content (AvgIpc) is 3.84. The second-order valence-electron chi connectivity index (χ2n) is 16.3. The summed E-state index contributed by atoms with van der Waals surface area (Å²) in [6.45, 7) is 4.45. The lowest BCUT2D eigenvalue weighted by molar-refractivity contribution is 1.08. The fraction of sp³-hybridized carbons (Fsp3) is 0.0333. The molecule has 11 aromatic rings. The Bertz CT molecular complexity index is 3420. The normalized spacial score (nSPS) is 11.7. The summed E-state index contributed by atoms with van der Waals surface area (Å²) in [5.74, 6) is 0. The van der Waals surface area contributed by atoms with Gasteiger partial charge < -0.3 is 18.9 Å². The fourth-order valence-corrected chi connectivity index (χ4v) is 9.43. The van der Waals surface area contributed by atoms with Gasteiger partial charge in [0.2, 0.25) is 0 Å². The Morgan fingerprint density at radius 1 is 0.375 bits per heavy atom. The third-order valence-corrected chi connectivity index (χ3v) is 12.4. The number of hydrogen-bond donors (Lipinski definition) is 0. The van der Waals surface area contributed by atoms with Gasteiger partial charge in [-0.05, 0) is 134 Å². The highest BCUT2D eigenvalue weighted by Gasteiger charge is 2.20. The van der Waals surface area contributed by atoms with Gasteiger partial charge in [0.05, 0.1) is 22.2 Å². The SMILES string of the molecule is C/C(=C\c1c(C)c2ccccc2n1-c1ccccc1)N(c1ccccc1)c1ccc(-c2ccc(N(c3ccccc3)c3ccc4c5ccccc5n(-c5ccccc5)c4c3)cc2)cc1. The predicted octanol–water partition coefficient (Wildman–Crippen LogP) is 16.4. The Labute approximate surface area is 374 Å². The number of allylic oxidation sites excluding steroid dienone is 1. The molecule has 0 N–H and O–H groups in total. The molecule has 0 aliphatic rings. The third-order valence-electron chi connectivity index (χ3n) is 12.4. The number of nitrogens with zero attached hydrogens (tertiary/aromatic N) is 4. The van der Waals surface area contributed by atoms with Crippen molar-refractivity contribution in [2.45, 2.75) is 13.8 Å². The molecular weight excluding hydrogens is 777 g/mol. The highest BCUT2D eigenvalue weighted by atomic mass is 15.2. The van der Waals surface area contributed by atoms with E-state index in [1.807, 2.05) is 0 Å². The van der Waals surface area contributed by atoms with Crippen LogP contribution in [-0.4, -0.2) is 9.13 Å². The van der Waals surface area contributed by atoms with Crippen LogP contribution < -0.4 is 9.80 Å². The van der Waals surface area contributed by atoms with Crippen LogP contribution >= 0.6 is 0 Å². The van der Waals surface area contributed by atoms with Crippen molar-refractivity contribution < 1.29 is 0 Å². The first-order chi connectivity index (χ1) is 31.6. The summed E-state index contributed by atoms with van der Waals surface area (Å²) < 4.78 is 4.76. The number of benzene rings is 9. The van der Waals surface area contributed by atoms with Gasteiger partial charge in [0.15, 0.2) is 0 Å². The van der Waals surface area contributed by atoms with Crippen LogP contribution in [0.4, 0.5) is 28.4 Å². The molecule has 0 fully saturated rings. The lowest BCUT2D eigenvalue weighted by atomic mass is 10.0. The van der Waals surface area contributed by atoms with E-state index in [1.165, 1.54) is 44.0 Å². The van der Waals surface area contributed by atoms with Gasteiger partial charge in [0, 0.05) is 61.7 Å². The molecule has 11 rings (SSSR count). The highest BCUT2D eigenvalue weighted by Crippen LogP contribution is 2.41. The molecule has 4 nitrogen and oxygen atoms in total. The van der Waals surface area contributed by atoms with Crippen molar-refractivity contribution in [1.82, 2.24) is 9.13 Å². The van der Waals surface area contributed by atoms with Gasteiger partial charge in [-0.1, -0.05) is 140 Å². The summed E-state index contributed by atoms with van der Waals surface area (Å²) in [5, 5.41) is 3.73. The number of aryl methyl sites for hydroxylation is 1. The van der Waals surface area contributed by atoms with Crippen molar-refractivity contribution in [3.8, 4) is 22.5 Å². The zero-order chi connectivity index (χ0) is 43.0. The van der Waals surface area contributed by atoms with Gasteiger partial charge in [-0.15, -0.1) is 0 Å². The van der Waals surface area contributed by atoms with Crippen LogP contribution in [0.15, 0.2) is 242 Å². The van der Waals surface area contributed by atoms with E-state index < -0.39 is 0 Å². The fourth-order valence-electron chi connectivity index (χ4n) is 9.43. The average molecular weight is 823 g/mol. The van der Waals surface area contributed by atoms with Crippen LogP contribution in [0.5, 0.6) is 0 Å². The molecule has 0 radical (unpaired) electrons. The van der Waals surface area contributed by atoms with Gasteiger partial charge in [0.25, 0.3) is 0 Å². The first-order valence-corrected chi connectivity index (χ1v) is 21.9. The molecule has 0 aliphatic carbocycles. The number of anilines is 5. The van der Waals surface area contributed by atoms with Crippen LogP contribution in [0, 0.1) is 6.92 Å². The Kier molecular flexibility index (Phi) is 9.95. The molecule has 9 aromatic carbocycles. The molecule has 2 aromatic heterocycles. The first kappa shape index (κ1) is 38.6. The van der Waals surface area contributed by atoms with Gasteiger partial charge in [-0.2, -0.15) is 0 Å². The van der Waals surface area contributed by atoms with Crippen LogP contribution in [0.2, 0.25) is 0 Å². The predicted molar refractivity (Wildman–Crippen MR) is 271 cm³/mol. The van der Waals surface area contributed by atoms with Crippen molar-refractivity contribution in [3.05, 3.63) is 254 Å². The summed E-state index contributed by atoms with van der Waals surface area (Å²) in [4.78, 5) is 4.70. The minimum absolute atomic E-state index is 1.09. The molecule has 0 saturated carbocycles. The minimum atomic E-state index is 1.09. The standard InChI is InChI=1S/C60H46N4/c1-43(41-59-44(2)54-27-15-17-29-57(54)63(59)49-23-11-5-12-24-49)61(47-19-7-3-8-20-47)51-35-31-45(32-36-51)46-33-37-52(38-34-46)62(48-21-9-4-10-22-48)53-39-40-56-55-28-16-18-30-58(55)64(60(56)42-53)50-25-13-6-14-26-50/h3-42H,1-2H3/b43-41+. The quantitative estimate of drug-likeness (QED) is 0.137. The second kappa shape index (κ2) is 16.5. The molecule has 64 heavy (non-hydrogen) atoms. The molecule has 0 aliphatic heterocycles. The number of para-hydroxylation sites is 6. The van der Waals surface area contributed by atoms with E-state index in [0.29, 0.717) is 0 Å². The number of fused-ring (bicyclic) bond motifs is 4. The van der Waals surface area contributed by atoms with Crippen LogP contribution in [-0.2, 0) is 0 Å². The Balaban J connectivity index is 0.951. The molecule has 306 valence electrons. The molecule has 0 spiro atoms. The molecule has 0 unspecified atom stereocenters. The molecule has 0 bridgehead atoms. The minimum Gasteiger partial charge on any atom is -0.314 e. The van der Waals surface area contributed by atoms with Crippen molar-refractivity contribution in [2.75, 3.05) is 9.80 Å². The summed E-state index contributed by atoms with van der Waals surface area (Å²) in [6.07, 6.45) is 2.33. The largest absolute Gasteiger partial charge is 0.314 e. The van der Waals surface area contributed by atoms with Crippen LogP contribution in [0.25, 0.3) is 61.3 Å². The van der Waals surface area contributed by atoms with Crippen LogP contribution in [0.1, 0.15) is 18.2 Å². The van der Waals surface area contributed by atoms with Crippen molar-refractivity contribution in [3.63, 3.8) is 0 Å². The Morgan fingerprint density at radius 2 is 0.797 bits per heavy atom. The van der Waals surface area contributed by atoms with E-state index in [4.69, 9.17) is 0 Å². The van der Waals surface area contributed by atoms with Crippen molar-refractivity contribution in [2.24, 2.45) is 0 Å². The van der Waals surface area contributed by atoms with E-state index >= 15 is 0 Å². The third kappa shape index (κ3) is 6.92. The van der Waals surface area contributed by atoms with Crippen LogP contribution in [0.3, 0.4) is 0 Å². The number of rotatable bonds is 10. The van der Waals surface area contributed by atoms with Gasteiger partial charge in [-0.3, -0.25) is 0 Å². The van der Waals surface area contributed by atoms with Crippen molar-refractivity contribution >= 4 is 67.2 Å². The molecular formula is C60H46N4. The Morgan fingerprint density at radius 3 is 1.41 bits per heavy atom. The number of hydrogen-bond acceptors (Lipinski definition) is 2. The molecule has 4 heteroatoms.